The normalized spacial score (nSPS) is 13.2. The maximum absolute atomic E-state index is 3.65. The Morgan fingerprint density at radius 3 is 2.62 bits per heavy atom. The van der Waals surface area contributed by atoms with Crippen LogP contribution in [0, 0.1) is 0 Å². The molecule has 0 heterocycles. The predicted octanol–water partition coefficient (Wildman–Crippen LogP) is 3.11. The van der Waals surface area contributed by atoms with Crippen LogP contribution in [0.25, 0.3) is 0 Å². The molecule has 2 heteroatoms. The summed E-state index contributed by atoms with van der Waals surface area (Å²) in [6, 6.07) is 0. The zero-order valence-corrected chi connectivity index (χ0v) is 7.91. The average molecular weight is 242 g/mol. The molecule has 0 rings (SSSR count). The van der Waals surface area contributed by atoms with Crippen molar-refractivity contribution in [2.24, 2.45) is 0 Å². The van der Waals surface area contributed by atoms with Crippen molar-refractivity contribution in [1.82, 2.24) is 0 Å². The van der Waals surface area contributed by atoms with Crippen LogP contribution in [0.1, 0.15) is 12.8 Å². The number of alkyl halides is 2. The molecule has 0 fully saturated rings. The van der Waals surface area contributed by atoms with Crippen LogP contribution in [-0.2, 0) is 0 Å². The van der Waals surface area contributed by atoms with Gasteiger partial charge in [0.25, 0.3) is 0 Å². The number of rotatable bonds is 4. The van der Waals surface area contributed by atoms with Crippen molar-refractivity contribution in [2.45, 2.75) is 17.7 Å². The van der Waals surface area contributed by atoms with Crippen molar-refractivity contribution in [3.63, 3.8) is 0 Å². The van der Waals surface area contributed by atoms with Crippen molar-refractivity contribution in [1.29, 1.82) is 0 Å². The summed E-state index contributed by atoms with van der Waals surface area (Å²) < 4.78 is 0. The molecule has 0 aliphatic heterocycles. The lowest BCUT2D eigenvalue weighted by Crippen LogP contribution is -1.90. The fourth-order valence-electron chi connectivity index (χ4n) is 0.390. The Hall–Kier alpha value is 0.700. The Morgan fingerprint density at radius 2 is 2.25 bits per heavy atom. The molecule has 0 spiro atoms. The van der Waals surface area contributed by atoms with Crippen molar-refractivity contribution >= 4 is 31.9 Å². The Morgan fingerprint density at radius 1 is 1.62 bits per heavy atom. The molecular weight excluding hydrogens is 232 g/mol. The van der Waals surface area contributed by atoms with Gasteiger partial charge in [0.15, 0.2) is 0 Å². The van der Waals surface area contributed by atoms with Crippen LogP contribution in [0.15, 0.2) is 12.7 Å². The van der Waals surface area contributed by atoms with Gasteiger partial charge in [-0.05, 0) is 12.8 Å². The SMILES string of the molecule is C=CC(Br)CCCBr. The summed E-state index contributed by atoms with van der Waals surface area (Å²) in [7, 11) is 0. The van der Waals surface area contributed by atoms with E-state index in [4.69, 9.17) is 0 Å². The van der Waals surface area contributed by atoms with E-state index in [2.05, 4.69) is 38.4 Å². The maximum atomic E-state index is 3.65. The number of halogens is 2. The molecule has 0 saturated heterocycles. The molecule has 8 heavy (non-hydrogen) atoms. The van der Waals surface area contributed by atoms with Crippen LogP contribution >= 0.6 is 31.9 Å². The van der Waals surface area contributed by atoms with Crippen LogP contribution in [0.4, 0.5) is 0 Å². The van der Waals surface area contributed by atoms with Crippen LogP contribution < -0.4 is 0 Å². The van der Waals surface area contributed by atoms with Crippen molar-refractivity contribution in [2.75, 3.05) is 5.33 Å². The minimum atomic E-state index is 0.500. The van der Waals surface area contributed by atoms with E-state index in [0.29, 0.717) is 4.83 Å². The Bertz CT molecular complexity index is 61.5. The van der Waals surface area contributed by atoms with Gasteiger partial charge in [0.1, 0.15) is 0 Å². The maximum Gasteiger partial charge on any atom is 0.0323 e. The van der Waals surface area contributed by atoms with Gasteiger partial charge in [0.05, 0.1) is 0 Å². The standard InChI is InChI=1S/C6H10Br2/c1-2-6(8)4-3-5-7/h2,6H,1,3-5H2. The van der Waals surface area contributed by atoms with E-state index in [-0.39, 0.29) is 0 Å². The number of allylic oxidation sites excluding steroid dienone is 1. The largest absolute Gasteiger partial charge is 0.102 e. The van der Waals surface area contributed by atoms with E-state index in [1.54, 1.807) is 0 Å². The molecule has 1 atom stereocenters. The molecular formula is C6H10Br2. The topological polar surface area (TPSA) is 0 Å². The molecule has 0 aromatic rings. The summed E-state index contributed by atoms with van der Waals surface area (Å²) in [6.07, 6.45) is 4.30. The molecule has 0 aromatic heterocycles. The summed E-state index contributed by atoms with van der Waals surface area (Å²) in [6.45, 7) is 3.65. The van der Waals surface area contributed by atoms with E-state index in [9.17, 15) is 0 Å². The van der Waals surface area contributed by atoms with Gasteiger partial charge < -0.3 is 0 Å². The molecule has 0 aliphatic carbocycles. The Kier molecular flexibility index (Phi) is 6.34. The summed E-state index contributed by atoms with van der Waals surface area (Å²) in [5.74, 6) is 0. The molecule has 0 bridgehead atoms. The lowest BCUT2D eigenvalue weighted by molar-refractivity contribution is 0.850. The first-order chi connectivity index (χ1) is 3.81. The first-order valence-electron chi connectivity index (χ1n) is 2.64. The summed E-state index contributed by atoms with van der Waals surface area (Å²) in [4.78, 5) is 0.500. The van der Waals surface area contributed by atoms with Crippen molar-refractivity contribution < 1.29 is 0 Å². The predicted molar refractivity (Wildman–Crippen MR) is 45.9 cm³/mol. The van der Waals surface area contributed by atoms with E-state index in [0.717, 1.165) is 5.33 Å². The molecule has 1 unspecified atom stereocenters. The third-order valence-electron chi connectivity index (χ3n) is 0.869. The number of hydrogen-bond acceptors (Lipinski definition) is 0. The minimum Gasteiger partial charge on any atom is -0.102 e. The van der Waals surface area contributed by atoms with Crippen LogP contribution in [0.3, 0.4) is 0 Å². The van der Waals surface area contributed by atoms with E-state index < -0.39 is 0 Å². The molecule has 0 aromatic carbocycles. The molecule has 0 radical (unpaired) electrons. The van der Waals surface area contributed by atoms with Gasteiger partial charge in [-0.3, -0.25) is 0 Å². The highest BCUT2D eigenvalue weighted by Crippen LogP contribution is 2.08. The van der Waals surface area contributed by atoms with Gasteiger partial charge in [0, 0.05) is 10.2 Å². The van der Waals surface area contributed by atoms with Crippen LogP contribution in [-0.4, -0.2) is 10.2 Å². The molecule has 0 N–H and O–H groups in total. The van der Waals surface area contributed by atoms with Crippen LogP contribution in [0.5, 0.6) is 0 Å². The quantitative estimate of drug-likeness (QED) is 0.524. The molecule has 0 saturated carbocycles. The fourth-order valence-corrected chi connectivity index (χ4v) is 1.04. The monoisotopic (exact) mass is 240 g/mol. The first-order valence-corrected chi connectivity index (χ1v) is 4.67. The second kappa shape index (κ2) is 5.83. The highest BCUT2D eigenvalue weighted by molar-refractivity contribution is 9.09. The summed E-state index contributed by atoms with van der Waals surface area (Å²) in [5.41, 5.74) is 0. The average Bonchev–Trinajstić information content (AvgIpc) is 1.83. The Balaban J connectivity index is 2.98. The van der Waals surface area contributed by atoms with Gasteiger partial charge in [-0.15, -0.1) is 6.58 Å². The third-order valence-corrected chi connectivity index (χ3v) is 2.26. The molecule has 0 aliphatic rings. The lowest BCUT2D eigenvalue weighted by Gasteiger charge is -1.98. The highest BCUT2D eigenvalue weighted by Gasteiger charge is 1.94. The van der Waals surface area contributed by atoms with Gasteiger partial charge >= 0.3 is 0 Å². The lowest BCUT2D eigenvalue weighted by atomic mass is 10.2. The van der Waals surface area contributed by atoms with Gasteiger partial charge in [-0.2, -0.15) is 0 Å². The zero-order valence-electron chi connectivity index (χ0n) is 4.74. The van der Waals surface area contributed by atoms with Crippen molar-refractivity contribution in [3.8, 4) is 0 Å². The van der Waals surface area contributed by atoms with Crippen LogP contribution in [0.2, 0.25) is 0 Å². The van der Waals surface area contributed by atoms with E-state index in [1.807, 2.05) is 6.08 Å². The number of hydrogen-bond donors (Lipinski definition) is 0. The van der Waals surface area contributed by atoms with Gasteiger partial charge in [0.2, 0.25) is 0 Å². The molecule has 0 amide bonds. The minimum absolute atomic E-state index is 0.500. The van der Waals surface area contributed by atoms with Gasteiger partial charge in [-0.1, -0.05) is 37.9 Å². The molecule has 48 valence electrons. The second-order valence-electron chi connectivity index (χ2n) is 1.58. The highest BCUT2D eigenvalue weighted by atomic mass is 79.9. The zero-order chi connectivity index (χ0) is 6.41. The molecule has 0 nitrogen and oxygen atoms in total. The van der Waals surface area contributed by atoms with Crippen molar-refractivity contribution in [3.05, 3.63) is 12.7 Å². The smallest absolute Gasteiger partial charge is 0.0323 e. The third kappa shape index (κ3) is 4.85. The van der Waals surface area contributed by atoms with Gasteiger partial charge in [-0.25, -0.2) is 0 Å². The Labute approximate surface area is 67.6 Å². The fraction of sp³-hybridized carbons (Fsp3) is 0.667. The first kappa shape index (κ1) is 8.70. The second-order valence-corrected chi connectivity index (χ2v) is 3.55. The van der Waals surface area contributed by atoms with E-state index >= 15 is 0 Å². The summed E-state index contributed by atoms with van der Waals surface area (Å²) >= 11 is 6.79. The summed E-state index contributed by atoms with van der Waals surface area (Å²) in [5, 5.41) is 1.09. The van der Waals surface area contributed by atoms with E-state index in [1.165, 1.54) is 12.8 Å².